The van der Waals surface area contributed by atoms with Crippen LogP contribution in [0.5, 0.6) is 5.75 Å². The Labute approximate surface area is 154 Å². The van der Waals surface area contributed by atoms with Crippen molar-refractivity contribution in [2.75, 3.05) is 11.5 Å². The van der Waals surface area contributed by atoms with Crippen LogP contribution in [0.4, 0.5) is 5.69 Å². The molecular formula is C18H15N2O5S-. The number of nitrogens with zero attached hydrogens (tertiary/aromatic N) is 2. The summed E-state index contributed by atoms with van der Waals surface area (Å²) in [6.45, 7) is 2.21. The number of carboxylic acids is 1. The van der Waals surface area contributed by atoms with E-state index in [1.54, 1.807) is 24.3 Å². The lowest BCUT2D eigenvalue weighted by molar-refractivity contribution is -0.255. The quantitative estimate of drug-likeness (QED) is 0.705. The lowest BCUT2D eigenvalue weighted by atomic mass is 10.2. The molecule has 0 radical (unpaired) electrons. The van der Waals surface area contributed by atoms with Crippen LogP contribution >= 0.6 is 11.8 Å². The molecule has 0 N–H and O–H groups in total. The average Bonchev–Trinajstić information content (AvgIpc) is 2.90. The van der Waals surface area contributed by atoms with Crippen LogP contribution in [0.25, 0.3) is 0 Å². The second kappa shape index (κ2) is 7.57. The van der Waals surface area contributed by atoms with Crippen molar-refractivity contribution in [3.05, 3.63) is 48.2 Å². The third-order valence-corrected chi connectivity index (χ3v) is 4.96. The smallest absolute Gasteiger partial charge is 0.247 e. The van der Waals surface area contributed by atoms with Crippen LogP contribution in [0.15, 0.2) is 47.6 Å². The highest BCUT2D eigenvalue weighted by molar-refractivity contribution is 8.00. The Morgan fingerprint density at radius 3 is 2.81 bits per heavy atom. The molecule has 0 bridgehead atoms. The van der Waals surface area contributed by atoms with Gasteiger partial charge in [0.15, 0.2) is 0 Å². The molecule has 26 heavy (non-hydrogen) atoms. The van der Waals surface area contributed by atoms with Crippen LogP contribution in [-0.2, 0) is 9.59 Å². The van der Waals surface area contributed by atoms with Gasteiger partial charge in [0.1, 0.15) is 10.8 Å². The van der Waals surface area contributed by atoms with Gasteiger partial charge < -0.3 is 14.6 Å². The number of imide groups is 1. The number of carboxylic acid groups (broad SMARTS) is 1. The van der Waals surface area contributed by atoms with Gasteiger partial charge in [0.05, 0.1) is 23.5 Å². The number of aromatic nitrogens is 1. The molecule has 1 unspecified atom stereocenters. The van der Waals surface area contributed by atoms with E-state index >= 15 is 0 Å². The van der Waals surface area contributed by atoms with Gasteiger partial charge in [-0.2, -0.15) is 0 Å². The molecular weight excluding hydrogens is 356 g/mol. The van der Waals surface area contributed by atoms with Crippen LogP contribution in [0.1, 0.15) is 23.7 Å². The zero-order valence-electron chi connectivity index (χ0n) is 13.9. The lowest BCUT2D eigenvalue weighted by Crippen LogP contribution is -2.31. The summed E-state index contributed by atoms with van der Waals surface area (Å²) < 4.78 is 5.50. The number of ether oxygens (including phenoxy) is 1. The molecule has 134 valence electrons. The summed E-state index contributed by atoms with van der Waals surface area (Å²) in [5, 5.41) is 10.6. The molecule has 1 aromatic carbocycles. The first-order chi connectivity index (χ1) is 12.5. The molecule has 3 rings (SSSR count). The Balaban J connectivity index is 1.88. The molecule has 1 aliphatic heterocycles. The fraction of sp³-hybridized carbons (Fsp3) is 0.222. The highest BCUT2D eigenvalue weighted by atomic mass is 32.2. The van der Waals surface area contributed by atoms with Gasteiger partial charge >= 0.3 is 0 Å². The molecule has 7 nitrogen and oxygen atoms in total. The minimum atomic E-state index is -1.38. The second-order valence-corrected chi connectivity index (χ2v) is 6.61. The predicted molar refractivity (Wildman–Crippen MR) is 92.9 cm³/mol. The minimum absolute atomic E-state index is 0.0486. The van der Waals surface area contributed by atoms with Crippen molar-refractivity contribution in [2.45, 2.75) is 23.6 Å². The van der Waals surface area contributed by atoms with E-state index in [9.17, 15) is 19.5 Å². The first-order valence-electron chi connectivity index (χ1n) is 7.94. The molecule has 0 saturated carbocycles. The Morgan fingerprint density at radius 1 is 1.31 bits per heavy atom. The lowest BCUT2D eigenvalue weighted by Gasteiger charge is -2.18. The molecule has 8 heteroatoms. The fourth-order valence-electron chi connectivity index (χ4n) is 2.64. The number of thioether (sulfide) groups is 1. The van der Waals surface area contributed by atoms with Crippen LogP contribution in [0.2, 0.25) is 0 Å². The molecule has 1 atom stereocenters. The summed E-state index contributed by atoms with van der Waals surface area (Å²) >= 11 is 0.951. The van der Waals surface area contributed by atoms with Crippen molar-refractivity contribution in [2.24, 2.45) is 0 Å². The maximum Gasteiger partial charge on any atom is 0.247 e. The van der Waals surface area contributed by atoms with Crippen molar-refractivity contribution >= 4 is 35.2 Å². The zero-order valence-corrected chi connectivity index (χ0v) is 14.7. The predicted octanol–water partition coefficient (Wildman–Crippen LogP) is 1.27. The maximum atomic E-state index is 12.8. The number of aromatic carboxylic acids is 1. The third kappa shape index (κ3) is 3.41. The standard InChI is InChI=1S/C18H16N2O5S/c1-2-25-13-8-4-3-7-12(13)20-15(21)10-14(17(20)22)26-16-11(18(23)24)6-5-9-19-16/h3-9,14H,2,10H2,1H3,(H,23,24)/p-1. The van der Waals surface area contributed by atoms with E-state index in [1.807, 2.05) is 6.92 Å². The Morgan fingerprint density at radius 2 is 2.08 bits per heavy atom. The Bertz CT molecular complexity index is 870. The number of anilines is 1. The van der Waals surface area contributed by atoms with Gasteiger partial charge in [-0.05, 0) is 31.2 Å². The van der Waals surface area contributed by atoms with Crippen LogP contribution in [-0.4, -0.2) is 34.6 Å². The van der Waals surface area contributed by atoms with Gasteiger partial charge in [0, 0.05) is 18.2 Å². The Hall–Kier alpha value is -2.87. The van der Waals surface area contributed by atoms with E-state index in [-0.39, 0.29) is 22.9 Å². The summed E-state index contributed by atoms with van der Waals surface area (Å²) in [6.07, 6.45) is 1.38. The molecule has 1 saturated heterocycles. The van der Waals surface area contributed by atoms with E-state index in [0.29, 0.717) is 18.0 Å². The number of carbonyl (C=O) groups is 3. The molecule has 0 aliphatic carbocycles. The number of amides is 2. The number of rotatable bonds is 6. The van der Waals surface area contributed by atoms with Crippen molar-refractivity contribution < 1.29 is 24.2 Å². The fourth-order valence-corrected chi connectivity index (χ4v) is 3.75. The number of carbonyl (C=O) groups excluding carboxylic acids is 3. The monoisotopic (exact) mass is 371 g/mol. The van der Waals surface area contributed by atoms with Crippen LogP contribution in [0, 0.1) is 0 Å². The van der Waals surface area contributed by atoms with Gasteiger partial charge in [-0.25, -0.2) is 9.88 Å². The van der Waals surface area contributed by atoms with Crippen LogP contribution in [0.3, 0.4) is 0 Å². The normalized spacial score (nSPS) is 16.8. The summed E-state index contributed by atoms with van der Waals surface area (Å²) in [4.78, 5) is 41.5. The average molecular weight is 371 g/mol. The molecule has 2 heterocycles. The Kier molecular flexibility index (Phi) is 5.22. The molecule has 2 amide bonds. The zero-order chi connectivity index (χ0) is 18.7. The van der Waals surface area contributed by atoms with Gasteiger partial charge in [-0.15, -0.1) is 0 Å². The number of para-hydroxylation sites is 2. The molecule has 1 aromatic heterocycles. The molecule has 2 aromatic rings. The highest BCUT2D eigenvalue weighted by Crippen LogP contribution is 2.37. The summed E-state index contributed by atoms with van der Waals surface area (Å²) in [5.74, 6) is -1.74. The van der Waals surface area contributed by atoms with E-state index in [0.717, 1.165) is 16.7 Å². The topological polar surface area (TPSA) is 99.6 Å². The highest BCUT2D eigenvalue weighted by Gasteiger charge is 2.41. The van der Waals surface area contributed by atoms with Gasteiger partial charge in [-0.3, -0.25) is 9.59 Å². The maximum absolute atomic E-state index is 12.8. The minimum Gasteiger partial charge on any atom is -0.545 e. The van der Waals surface area contributed by atoms with Crippen molar-refractivity contribution in [3.63, 3.8) is 0 Å². The van der Waals surface area contributed by atoms with E-state index in [2.05, 4.69) is 4.98 Å². The van der Waals surface area contributed by atoms with Crippen molar-refractivity contribution in [1.82, 2.24) is 4.98 Å². The van der Waals surface area contributed by atoms with Crippen LogP contribution < -0.4 is 14.7 Å². The van der Waals surface area contributed by atoms with Crippen molar-refractivity contribution in [1.29, 1.82) is 0 Å². The SMILES string of the molecule is CCOc1ccccc1N1C(=O)CC(Sc2ncccc2C(=O)[O-])C1=O. The summed E-state index contributed by atoms with van der Waals surface area (Å²) in [7, 11) is 0. The number of benzene rings is 1. The van der Waals surface area contributed by atoms with Crippen molar-refractivity contribution in [3.8, 4) is 5.75 Å². The summed E-state index contributed by atoms with van der Waals surface area (Å²) in [5.41, 5.74) is 0.277. The number of hydrogen-bond donors (Lipinski definition) is 0. The largest absolute Gasteiger partial charge is 0.545 e. The first-order valence-corrected chi connectivity index (χ1v) is 8.82. The third-order valence-electron chi connectivity index (χ3n) is 3.76. The van der Waals surface area contributed by atoms with Gasteiger partial charge in [-0.1, -0.05) is 23.9 Å². The molecule has 1 aliphatic rings. The van der Waals surface area contributed by atoms with E-state index < -0.39 is 17.1 Å². The second-order valence-electron chi connectivity index (χ2n) is 5.42. The molecule has 0 spiro atoms. The van der Waals surface area contributed by atoms with E-state index in [1.165, 1.54) is 18.3 Å². The van der Waals surface area contributed by atoms with Gasteiger partial charge in [0.2, 0.25) is 11.8 Å². The first kappa shape index (κ1) is 17.9. The molecule has 1 fully saturated rings. The van der Waals surface area contributed by atoms with Gasteiger partial charge in [0.25, 0.3) is 0 Å². The number of pyridine rings is 1. The van der Waals surface area contributed by atoms with E-state index in [4.69, 9.17) is 4.74 Å². The summed E-state index contributed by atoms with van der Waals surface area (Å²) in [6, 6.07) is 9.63. The number of hydrogen-bond acceptors (Lipinski definition) is 7.